The Bertz CT molecular complexity index is 1660. The van der Waals surface area contributed by atoms with Gasteiger partial charge < -0.3 is 24.9 Å². The second-order valence-electron chi connectivity index (χ2n) is 11.3. The zero-order valence-corrected chi connectivity index (χ0v) is 24.4. The van der Waals surface area contributed by atoms with E-state index in [0.717, 1.165) is 29.7 Å². The Kier molecular flexibility index (Phi) is 7.62. The Morgan fingerprint density at radius 2 is 1.93 bits per heavy atom. The first-order valence-corrected chi connectivity index (χ1v) is 16.6. The zero-order valence-electron chi connectivity index (χ0n) is 22.7. The number of aromatic nitrogens is 1. The molecule has 3 N–H and O–H groups in total. The van der Waals surface area contributed by atoms with Gasteiger partial charge in [-0.25, -0.2) is 4.98 Å². The van der Waals surface area contributed by atoms with E-state index in [-0.39, 0.29) is 35.8 Å². The normalized spacial score (nSPS) is 22.8. The molecule has 3 saturated heterocycles. The lowest BCUT2D eigenvalue weighted by Crippen LogP contribution is -2.58. The van der Waals surface area contributed by atoms with Crippen LogP contribution in [0.3, 0.4) is 0 Å². The third-order valence-electron chi connectivity index (χ3n) is 8.37. The van der Waals surface area contributed by atoms with Gasteiger partial charge >= 0.3 is 7.60 Å². The van der Waals surface area contributed by atoms with Crippen molar-refractivity contribution in [2.24, 2.45) is 0 Å². The first kappa shape index (κ1) is 28.5. The van der Waals surface area contributed by atoms with Gasteiger partial charge in [0.05, 0.1) is 11.0 Å². The molecule has 218 valence electrons. The number of amides is 3. The van der Waals surface area contributed by atoms with E-state index in [1.54, 1.807) is 46.2 Å². The van der Waals surface area contributed by atoms with Crippen LogP contribution in [-0.2, 0) is 20.3 Å². The van der Waals surface area contributed by atoms with Crippen LogP contribution >= 0.6 is 18.9 Å². The average Bonchev–Trinajstić information content (AvgIpc) is 3.51. The number of rotatable bonds is 6. The summed E-state index contributed by atoms with van der Waals surface area (Å²) >= 11 is 1.25. The Hall–Kier alpha value is -3.62. The second-order valence-corrected chi connectivity index (χ2v) is 14.0. The molecule has 0 radical (unpaired) electrons. The number of nitriles is 1. The monoisotopic (exact) mass is 607 g/mol. The molecule has 1 aromatic carbocycles. The molecule has 3 aliphatic rings. The number of carbonyl (C=O) groups excluding carboxylic acids is 3. The number of benzene rings is 1. The molecule has 2 aromatic heterocycles. The molecule has 0 spiro atoms. The minimum Gasteiger partial charge on any atom is -0.340 e. The molecule has 3 atom stereocenters. The van der Waals surface area contributed by atoms with Crippen molar-refractivity contribution < 1.29 is 28.7 Å². The number of hydrogen-bond acceptors (Lipinski definition) is 7. The molecule has 13 heteroatoms. The highest BCUT2D eigenvalue weighted by atomic mass is 32.1. The third-order valence-corrected chi connectivity index (χ3v) is 10.3. The van der Waals surface area contributed by atoms with E-state index in [1.165, 1.54) is 11.3 Å². The molecule has 5 heterocycles. The zero-order chi connectivity index (χ0) is 29.6. The highest BCUT2D eigenvalue weighted by Gasteiger charge is 2.47. The second kappa shape index (κ2) is 11.2. The topological polar surface area (TPSA) is 164 Å². The number of fused-ring (bicyclic) bond motifs is 2. The Balaban J connectivity index is 1.12. The van der Waals surface area contributed by atoms with Crippen LogP contribution in [0.1, 0.15) is 64.6 Å². The average molecular weight is 608 g/mol. The van der Waals surface area contributed by atoms with Gasteiger partial charge in [0.25, 0.3) is 5.91 Å². The lowest BCUT2D eigenvalue weighted by atomic mass is 9.94. The standard InChI is InChI=1S/C29H30N5O6PS/c30-13-20-3-1-5-22(31-20)19-14-33(15-19)29(37)24-9-8-21-4-2-6-23(28(36)34(21)24)32-27(35)26-12-18-11-17(16-41(38,39)40)7-10-25(18)42-26/h1,3,5,7,10-12,19,21,23-24H,2,4,6,8-9,14-16H2,(H,32,35)(H2,38,39,40)/t21?,23-,24-/m0/s1. The summed E-state index contributed by atoms with van der Waals surface area (Å²) < 4.78 is 12.2. The lowest BCUT2D eigenvalue weighted by Gasteiger charge is -2.42. The molecule has 11 nitrogen and oxygen atoms in total. The first-order valence-electron chi connectivity index (χ1n) is 14.0. The Morgan fingerprint density at radius 3 is 2.69 bits per heavy atom. The van der Waals surface area contributed by atoms with E-state index in [4.69, 9.17) is 5.26 Å². The van der Waals surface area contributed by atoms with Crippen LogP contribution in [0.2, 0.25) is 0 Å². The molecule has 3 aromatic rings. The molecule has 6 rings (SSSR count). The summed E-state index contributed by atoms with van der Waals surface area (Å²) in [5.74, 6) is -0.641. The van der Waals surface area contributed by atoms with Gasteiger partial charge in [-0.2, -0.15) is 5.26 Å². The van der Waals surface area contributed by atoms with Crippen LogP contribution in [0.5, 0.6) is 0 Å². The molecule has 3 amide bonds. The number of thiophene rings is 1. The van der Waals surface area contributed by atoms with Crippen LogP contribution in [0.4, 0.5) is 0 Å². The highest BCUT2D eigenvalue weighted by Crippen LogP contribution is 2.40. The summed E-state index contributed by atoms with van der Waals surface area (Å²) in [6, 6.07) is 12.7. The Morgan fingerprint density at radius 1 is 1.12 bits per heavy atom. The summed E-state index contributed by atoms with van der Waals surface area (Å²) in [5.41, 5.74) is 1.62. The fourth-order valence-electron chi connectivity index (χ4n) is 6.30. The first-order chi connectivity index (χ1) is 20.1. The minimum atomic E-state index is -4.22. The van der Waals surface area contributed by atoms with Crippen LogP contribution in [0, 0.1) is 11.3 Å². The van der Waals surface area contributed by atoms with Crippen molar-refractivity contribution in [3.05, 3.63) is 64.3 Å². The number of pyridine rings is 1. The predicted molar refractivity (Wildman–Crippen MR) is 155 cm³/mol. The van der Waals surface area contributed by atoms with E-state index >= 15 is 0 Å². The van der Waals surface area contributed by atoms with Gasteiger partial charge in [0.15, 0.2) is 0 Å². The summed E-state index contributed by atoms with van der Waals surface area (Å²) in [7, 11) is -4.22. The van der Waals surface area contributed by atoms with Crippen molar-refractivity contribution in [2.75, 3.05) is 13.1 Å². The molecular weight excluding hydrogens is 577 g/mol. The molecule has 1 unspecified atom stereocenters. The van der Waals surface area contributed by atoms with E-state index < -0.39 is 19.7 Å². The van der Waals surface area contributed by atoms with Crippen LogP contribution in [-0.4, -0.2) is 73.5 Å². The van der Waals surface area contributed by atoms with Crippen molar-refractivity contribution >= 4 is 46.7 Å². The van der Waals surface area contributed by atoms with E-state index in [2.05, 4.69) is 10.3 Å². The van der Waals surface area contributed by atoms with Crippen molar-refractivity contribution in [1.29, 1.82) is 5.26 Å². The van der Waals surface area contributed by atoms with Crippen molar-refractivity contribution in [1.82, 2.24) is 20.1 Å². The summed E-state index contributed by atoms with van der Waals surface area (Å²) in [6.07, 6.45) is 2.98. The van der Waals surface area contributed by atoms with Crippen LogP contribution in [0.15, 0.2) is 42.5 Å². The van der Waals surface area contributed by atoms with Gasteiger partial charge in [0, 0.05) is 35.4 Å². The molecule has 0 bridgehead atoms. The van der Waals surface area contributed by atoms with Gasteiger partial charge in [-0.1, -0.05) is 12.1 Å². The molecule has 0 saturated carbocycles. The number of likely N-dealkylation sites (tertiary alicyclic amines) is 1. The van der Waals surface area contributed by atoms with Crippen LogP contribution < -0.4 is 5.32 Å². The maximum atomic E-state index is 13.8. The SMILES string of the molecule is N#Cc1cccc(C2CN(C(=O)[C@@H]3CCC4CCC[C@H](NC(=O)c5cc6cc(CP(=O)(O)O)ccc6s5)C(=O)N43)C2)n1. The number of hydrogen-bond donors (Lipinski definition) is 3. The van der Waals surface area contributed by atoms with Crippen LogP contribution in [0.25, 0.3) is 10.1 Å². The quantitative estimate of drug-likeness (QED) is 0.360. The van der Waals surface area contributed by atoms with Crippen molar-refractivity contribution in [2.45, 2.75) is 62.3 Å². The maximum Gasteiger partial charge on any atom is 0.329 e. The summed E-state index contributed by atoms with van der Waals surface area (Å²) in [5, 5.41) is 12.7. The molecular formula is C29H30N5O6PS. The predicted octanol–water partition coefficient (Wildman–Crippen LogP) is 3.11. The third kappa shape index (κ3) is 5.70. The van der Waals surface area contributed by atoms with E-state index in [1.807, 2.05) is 12.1 Å². The number of nitrogens with zero attached hydrogens (tertiary/aromatic N) is 4. The smallest absolute Gasteiger partial charge is 0.329 e. The fraction of sp³-hybridized carbons (Fsp3) is 0.414. The lowest BCUT2D eigenvalue weighted by molar-refractivity contribution is -0.148. The molecule has 3 aliphatic heterocycles. The molecule has 42 heavy (non-hydrogen) atoms. The number of nitrogens with one attached hydrogen (secondary N) is 1. The van der Waals surface area contributed by atoms with Crippen molar-refractivity contribution in [3.8, 4) is 6.07 Å². The van der Waals surface area contributed by atoms with Gasteiger partial charge in [-0.05, 0) is 73.4 Å². The maximum absolute atomic E-state index is 13.8. The molecule has 0 aliphatic carbocycles. The minimum absolute atomic E-state index is 0.0313. The highest BCUT2D eigenvalue weighted by molar-refractivity contribution is 7.50. The van der Waals surface area contributed by atoms with Gasteiger partial charge in [0.2, 0.25) is 11.8 Å². The molecule has 3 fully saturated rings. The van der Waals surface area contributed by atoms with Gasteiger partial charge in [-0.3, -0.25) is 18.9 Å². The van der Waals surface area contributed by atoms with E-state index in [9.17, 15) is 28.7 Å². The fourth-order valence-corrected chi connectivity index (χ4v) is 7.92. The van der Waals surface area contributed by atoms with Gasteiger partial charge in [-0.15, -0.1) is 11.3 Å². The number of carbonyl (C=O) groups is 3. The largest absolute Gasteiger partial charge is 0.340 e. The van der Waals surface area contributed by atoms with Gasteiger partial charge in [0.1, 0.15) is 23.8 Å². The summed E-state index contributed by atoms with van der Waals surface area (Å²) in [4.78, 5) is 67.3. The van der Waals surface area contributed by atoms with E-state index in [0.29, 0.717) is 47.5 Å². The van der Waals surface area contributed by atoms with Crippen molar-refractivity contribution in [3.63, 3.8) is 0 Å². The Labute approximate surface area is 246 Å². The summed E-state index contributed by atoms with van der Waals surface area (Å²) in [6.45, 7) is 0.984.